The maximum absolute atomic E-state index is 10.4. The summed E-state index contributed by atoms with van der Waals surface area (Å²) in [7, 11) is 1.67. The highest BCUT2D eigenvalue weighted by atomic mass is 16.5. The molecule has 0 spiro atoms. The van der Waals surface area contributed by atoms with Crippen molar-refractivity contribution in [1.82, 2.24) is 4.90 Å². The Morgan fingerprint density at radius 1 is 1.04 bits per heavy atom. The van der Waals surface area contributed by atoms with Crippen LogP contribution in [0.15, 0.2) is 48.5 Å². The summed E-state index contributed by atoms with van der Waals surface area (Å²) in [4.78, 5) is 2.24. The lowest BCUT2D eigenvalue weighted by Gasteiger charge is -2.29. The second kappa shape index (κ2) is 9.44. The van der Waals surface area contributed by atoms with Crippen molar-refractivity contribution in [3.05, 3.63) is 59.7 Å². The average molecular weight is 343 g/mol. The van der Waals surface area contributed by atoms with Gasteiger partial charge >= 0.3 is 0 Å². The van der Waals surface area contributed by atoms with Crippen LogP contribution in [0.2, 0.25) is 0 Å². The number of rotatable bonds is 9. The highest BCUT2D eigenvalue weighted by Gasteiger charge is 2.16. The molecule has 1 atom stereocenters. The van der Waals surface area contributed by atoms with E-state index in [1.165, 1.54) is 5.56 Å². The molecule has 136 valence electrons. The minimum atomic E-state index is -0.541. The molecule has 2 aromatic carbocycles. The molecule has 0 aliphatic heterocycles. The smallest absolute Gasteiger partial charge is 0.122 e. The maximum atomic E-state index is 10.4. The van der Waals surface area contributed by atoms with Crippen molar-refractivity contribution in [3.8, 4) is 11.5 Å². The molecule has 4 nitrogen and oxygen atoms in total. The van der Waals surface area contributed by atoms with Crippen LogP contribution >= 0.6 is 0 Å². The van der Waals surface area contributed by atoms with Crippen LogP contribution in [0.1, 0.15) is 25.0 Å². The Balaban J connectivity index is 1.90. The highest BCUT2D eigenvalue weighted by Crippen LogP contribution is 2.17. The summed E-state index contributed by atoms with van der Waals surface area (Å²) >= 11 is 0. The van der Waals surface area contributed by atoms with E-state index < -0.39 is 6.10 Å². The van der Waals surface area contributed by atoms with Crippen LogP contribution in [0.25, 0.3) is 0 Å². The molecule has 0 amide bonds. The van der Waals surface area contributed by atoms with Gasteiger partial charge in [0.2, 0.25) is 0 Å². The van der Waals surface area contributed by atoms with Crippen LogP contribution in [-0.2, 0) is 6.54 Å². The van der Waals surface area contributed by atoms with E-state index in [1.807, 2.05) is 43.3 Å². The number of nitrogens with zero attached hydrogens (tertiary/aromatic N) is 1. The molecular weight excluding hydrogens is 314 g/mol. The number of benzene rings is 2. The van der Waals surface area contributed by atoms with Crippen molar-refractivity contribution in [2.45, 2.75) is 39.5 Å². The maximum Gasteiger partial charge on any atom is 0.122 e. The molecule has 4 heteroatoms. The second-order valence-corrected chi connectivity index (χ2v) is 6.60. The van der Waals surface area contributed by atoms with Crippen LogP contribution in [-0.4, -0.2) is 42.4 Å². The Morgan fingerprint density at radius 2 is 1.72 bits per heavy atom. The van der Waals surface area contributed by atoms with Crippen LogP contribution in [0.3, 0.4) is 0 Å². The lowest BCUT2D eigenvalue weighted by Crippen LogP contribution is -2.39. The summed E-state index contributed by atoms with van der Waals surface area (Å²) in [5, 5.41) is 10.4. The zero-order valence-electron chi connectivity index (χ0n) is 15.6. The lowest BCUT2D eigenvalue weighted by atomic mass is 10.1. The van der Waals surface area contributed by atoms with E-state index in [0.717, 1.165) is 23.6 Å². The molecular formula is C21H29NO3. The van der Waals surface area contributed by atoms with E-state index in [1.54, 1.807) is 7.11 Å². The molecule has 25 heavy (non-hydrogen) atoms. The molecule has 0 aliphatic rings. The number of hydrogen-bond donors (Lipinski definition) is 1. The summed E-state index contributed by atoms with van der Waals surface area (Å²) < 4.78 is 11.0. The Hall–Kier alpha value is -2.04. The number of aryl methyl sites for hydroxylation is 1. The Labute approximate surface area is 151 Å². The third-order valence-electron chi connectivity index (χ3n) is 4.25. The fourth-order valence-electron chi connectivity index (χ4n) is 2.65. The van der Waals surface area contributed by atoms with E-state index in [9.17, 15) is 5.11 Å². The molecule has 0 saturated heterocycles. The molecule has 0 aromatic heterocycles. The van der Waals surface area contributed by atoms with Gasteiger partial charge in [0.25, 0.3) is 0 Å². The van der Waals surface area contributed by atoms with Crippen LogP contribution in [0.4, 0.5) is 0 Å². The van der Waals surface area contributed by atoms with Crippen LogP contribution < -0.4 is 9.47 Å². The third-order valence-corrected chi connectivity index (χ3v) is 4.25. The monoisotopic (exact) mass is 343 g/mol. The predicted octanol–water partition coefficient (Wildman–Crippen LogP) is 3.65. The van der Waals surface area contributed by atoms with E-state index in [4.69, 9.17) is 9.47 Å². The molecule has 0 fully saturated rings. The van der Waals surface area contributed by atoms with Crippen molar-refractivity contribution in [2.75, 3.05) is 20.3 Å². The minimum Gasteiger partial charge on any atom is -0.497 e. The van der Waals surface area contributed by atoms with Gasteiger partial charge in [-0.2, -0.15) is 0 Å². The molecule has 0 heterocycles. The van der Waals surface area contributed by atoms with Gasteiger partial charge in [0.15, 0.2) is 0 Å². The third kappa shape index (κ3) is 6.07. The molecule has 2 rings (SSSR count). The molecule has 1 N–H and O–H groups in total. The fourth-order valence-corrected chi connectivity index (χ4v) is 2.65. The fraction of sp³-hybridized carbons (Fsp3) is 0.429. The van der Waals surface area contributed by atoms with Crippen LogP contribution in [0.5, 0.6) is 11.5 Å². The van der Waals surface area contributed by atoms with E-state index in [-0.39, 0.29) is 6.61 Å². The van der Waals surface area contributed by atoms with Gasteiger partial charge in [-0.1, -0.05) is 30.3 Å². The van der Waals surface area contributed by atoms with Crippen molar-refractivity contribution in [3.63, 3.8) is 0 Å². The van der Waals surface area contributed by atoms with Crippen molar-refractivity contribution >= 4 is 0 Å². The lowest BCUT2D eigenvalue weighted by molar-refractivity contribution is 0.0541. The number of hydrogen-bond acceptors (Lipinski definition) is 4. The number of ether oxygens (including phenoxy) is 2. The van der Waals surface area contributed by atoms with Gasteiger partial charge in [0.05, 0.1) is 7.11 Å². The number of para-hydroxylation sites is 1. The first-order chi connectivity index (χ1) is 12.0. The average Bonchev–Trinajstić information content (AvgIpc) is 2.61. The van der Waals surface area contributed by atoms with Gasteiger partial charge in [0.1, 0.15) is 24.2 Å². The molecule has 0 bridgehead atoms. The predicted molar refractivity (Wildman–Crippen MR) is 101 cm³/mol. The van der Waals surface area contributed by atoms with E-state index in [0.29, 0.717) is 12.6 Å². The van der Waals surface area contributed by atoms with Crippen molar-refractivity contribution < 1.29 is 14.6 Å². The first-order valence-electron chi connectivity index (χ1n) is 8.73. The largest absolute Gasteiger partial charge is 0.497 e. The number of aliphatic hydroxyl groups is 1. The number of aliphatic hydroxyl groups excluding tert-OH is 1. The minimum absolute atomic E-state index is 0.288. The molecule has 0 aliphatic carbocycles. The normalized spacial score (nSPS) is 12.4. The van der Waals surface area contributed by atoms with Crippen molar-refractivity contribution in [1.29, 1.82) is 0 Å². The molecule has 2 aromatic rings. The van der Waals surface area contributed by atoms with Gasteiger partial charge in [-0.15, -0.1) is 0 Å². The Morgan fingerprint density at radius 3 is 2.32 bits per heavy atom. The first-order valence-corrected chi connectivity index (χ1v) is 8.73. The summed E-state index contributed by atoms with van der Waals surface area (Å²) in [6.45, 7) is 7.91. The van der Waals surface area contributed by atoms with Crippen LogP contribution in [0, 0.1) is 6.92 Å². The van der Waals surface area contributed by atoms with Gasteiger partial charge in [-0.05, 0) is 50.1 Å². The molecule has 1 unspecified atom stereocenters. The Bertz CT molecular complexity index is 640. The van der Waals surface area contributed by atoms with Gasteiger partial charge < -0.3 is 14.6 Å². The summed E-state index contributed by atoms with van der Waals surface area (Å²) in [5.41, 5.74) is 2.27. The second-order valence-electron chi connectivity index (χ2n) is 6.60. The highest BCUT2D eigenvalue weighted by molar-refractivity contribution is 5.31. The first kappa shape index (κ1) is 19.3. The van der Waals surface area contributed by atoms with E-state index in [2.05, 4.69) is 30.9 Å². The summed E-state index contributed by atoms with van der Waals surface area (Å²) in [5.74, 6) is 1.68. The van der Waals surface area contributed by atoms with Gasteiger partial charge in [0, 0.05) is 19.1 Å². The summed E-state index contributed by atoms with van der Waals surface area (Å²) in [6.07, 6.45) is -0.541. The summed E-state index contributed by atoms with van der Waals surface area (Å²) in [6, 6.07) is 16.2. The number of methoxy groups -OCH3 is 1. The molecule has 0 saturated carbocycles. The topological polar surface area (TPSA) is 41.9 Å². The van der Waals surface area contributed by atoms with E-state index >= 15 is 0 Å². The zero-order chi connectivity index (χ0) is 18.2. The SMILES string of the molecule is COc1ccc(CN(CC(O)COc2ccccc2C)C(C)C)cc1. The van der Waals surface area contributed by atoms with Gasteiger partial charge in [-0.25, -0.2) is 0 Å². The quantitative estimate of drug-likeness (QED) is 0.754. The Kier molecular flexibility index (Phi) is 7.29. The standard InChI is InChI=1S/C21H29NO3/c1-16(2)22(13-18-9-11-20(24-4)12-10-18)14-19(23)15-25-21-8-6-5-7-17(21)3/h5-12,16,19,23H,13-15H2,1-4H3. The van der Waals surface area contributed by atoms with Crippen molar-refractivity contribution in [2.24, 2.45) is 0 Å². The zero-order valence-corrected chi connectivity index (χ0v) is 15.6. The molecule has 0 radical (unpaired) electrons. The van der Waals surface area contributed by atoms with Gasteiger partial charge in [-0.3, -0.25) is 4.90 Å².